The molecule has 1 heterocycles. The molecule has 0 atom stereocenters. The number of nitrogens with zero attached hydrogens (tertiary/aromatic N) is 1. The van der Waals surface area contributed by atoms with Crippen molar-refractivity contribution >= 4 is 0 Å². The highest BCUT2D eigenvalue weighted by Gasteiger charge is 2.26. The minimum atomic E-state index is -0.514. The van der Waals surface area contributed by atoms with Crippen molar-refractivity contribution in [3.05, 3.63) is 63.6 Å². The van der Waals surface area contributed by atoms with E-state index in [2.05, 4.69) is 9.97 Å². The van der Waals surface area contributed by atoms with E-state index in [1.807, 2.05) is 13.8 Å². The quantitative estimate of drug-likeness (QED) is 0.883. The fourth-order valence-corrected chi connectivity index (χ4v) is 1.89. The van der Waals surface area contributed by atoms with Crippen molar-refractivity contribution in [3.8, 4) is 0 Å². The minimum absolute atomic E-state index is 0.152. The Morgan fingerprint density at radius 1 is 1.32 bits per heavy atom. The van der Waals surface area contributed by atoms with E-state index >= 15 is 0 Å². The summed E-state index contributed by atoms with van der Waals surface area (Å²) in [5, 5.41) is 0. The van der Waals surface area contributed by atoms with Crippen LogP contribution in [-0.2, 0) is 12.0 Å². The Balaban J connectivity index is 2.47. The lowest BCUT2D eigenvalue weighted by atomic mass is 9.83. The summed E-state index contributed by atoms with van der Waals surface area (Å²) in [4.78, 5) is 18.8. The summed E-state index contributed by atoms with van der Waals surface area (Å²) in [5.74, 6) is 0.237. The van der Waals surface area contributed by atoms with Gasteiger partial charge in [0.25, 0.3) is 5.56 Å². The van der Waals surface area contributed by atoms with Crippen LogP contribution >= 0.6 is 0 Å². The Kier molecular flexibility index (Phi) is 3.48. The average molecular weight is 261 g/mol. The molecule has 1 aromatic carbocycles. The zero-order valence-electron chi connectivity index (χ0n) is 10.9. The topological polar surface area (TPSA) is 71.8 Å². The highest BCUT2D eigenvalue weighted by molar-refractivity contribution is 5.31. The van der Waals surface area contributed by atoms with Crippen molar-refractivity contribution in [2.45, 2.75) is 25.8 Å². The number of hydrogen-bond donors (Lipinski definition) is 2. The van der Waals surface area contributed by atoms with Gasteiger partial charge < -0.3 is 10.7 Å². The Hall–Kier alpha value is -2.01. The zero-order valence-corrected chi connectivity index (χ0v) is 10.9. The van der Waals surface area contributed by atoms with E-state index in [9.17, 15) is 9.18 Å². The summed E-state index contributed by atoms with van der Waals surface area (Å²) in [6.45, 7) is 3.99. The molecule has 0 bridgehead atoms. The molecule has 0 saturated heterocycles. The van der Waals surface area contributed by atoms with Crippen molar-refractivity contribution in [2.24, 2.45) is 5.73 Å². The molecule has 5 heteroatoms. The smallest absolute Gasteiger partial charge is 0.255 e. The average Bonchev–Trinajstić information content (AvgIpc) is 2.39. The summed E-state index contributed by atoms with van der Waals surface area (Å²) in [6.07, 6.45) is 1.49. The van der Waals surface area contributed by atoms with E-state index in [1.165, 1.54) is 18.3 Å². The van der Waals surface area contributed by atoms with Crippen LogP contribution in [0.2, 0.25) is 0 Å². The molecule has 0 unspecified atom stereocenters. The van der Waals surface area contributed by atoms with Gasteiger partial charge in [-0.05, 0) is 31.5 Å². The number of aromatic nitrogens is 2. The number of benzene rings is 1. The van der Waals surface area contributed by atoms with Crippen molar-refractivity contribution in [1.29, 1.82) is 0 Å². The van der Waals surface area contributed by atoms with Gasteiger partial charge in [0.05, 0.1) is 0 Å². The maximum Gasteiger partial charge on any atom is 0.255 e. The number of aromatic amines is 1. The molecule has 0 aliphatic heterocycles. The van der Waals surface area contributed by atoms with Gasteiger partial charge >= 0.3 is 0 Å². The molecule has 0 saturated carbocycles. The van der Waals surface area contributed by atoms with Crippen LogP contribution in [0.1, 0.15) is 30.8 Å². The van der Waals surface area contributed by atoms with Crippen molar-refractivity contribution in [3.63, 3.8) is 0 Å². The summed E-state index contributed by atoms with van der Waals surface area (Å²) in [7, 11) is 0. The second kappa shape index (κ2) is 4.93. The summed E-state index contributed by atoms with van der Waals surface area (Å²) in [5.41, 5.74) is 6.00. The number of nitrogens with one attached hydrogen (secondary N) is 1. The van der Waals surface area contributed by atoms with E-state index in [-0.39, 0.29) is 17.9 Å². The van der Waals surface area contributed by atoms with Crippen LogP contribution in [0.15, 0.2) is 35.3 Å². The van der Waals surface area contributed by atoms with Crippen molar-refractivity contribution < 1.29 is 4.39 Å². The molecule has 3 N–H and O–H groups in total. The lowest BCUT2D eigenvalue weighted by Gasteiger charge is -2.24. The normalized spacial score (nSPS) is 11.6. The fraction of sp³-hybridized carbons (Fsp3) is 0.286. The van der Waals surface area contributed by atoms with Crippen LogP contribution in [0.5, 0.6) is 0 Å². The number of hydrogen-bond acceptors (Lipinski definition) is 3. The summed E-state index contributed by atoms with van der Waals surface area (Å²) >= 11 is 0. The Morgan fingerprint density at radius 2 is 1.95 bits per heavy atom. The van der Waals surface area contributed by atoms with Crippen LogP contribution in [0.3, 0.4) is 0 Å². The van der Waals surface area contributed by atoms with Gasteiger partial charge in [0.2, 0.25) is 0 Å². The van der Waals surface area contributed by atoms with Gasteiger partial charge in [0.15, 0.2) is 0 Å². The summed E-state index contributed by atoms with van der Waals surface area (Å²) < 4.78 is 13.0. The van der Waals surface area contributed by atoms with Crippen LogP contribution in [0, 0.1) is 5.82 Å². The van der Waals surface area contributed by atoms with Gasteiger partial charge in [-0.15, -0.1) is 0 Å². The first kappa shape index (κ1) is 13.4. The SMILES string of the molecule is CC(C)(c1ccc(F)cc1)c1ncc(CN)c(=O)[nH]1. The monoisotopic (exact) mass is 261 g/mol. The molecule has 0 aliphatic carbocycles. The number of halogens is 1. The van der Waals surface area contributed by atoms with E-state index in [0.29, 0.717) is 11.4 Å². The molecule has 0 radical (unpaired) electrons. The number of rotatable bonds is 3. The molecule has 100 valence electrons. The van der Waals surface area contributed by atoms with Crippen LogP contribution in [0.4, 0.5) is 4.39 Å². The number of H-pyrrole nitrogens is 1. The molecule has 4 nitrogen and oxygen atoms in total. The molecular formula is C14H16FN3O. The van der Waals surface area contributed by atoms with Crippen LogP contribution in [-0.4, -0.2) is 9.97 Å². The molecule has 0 amide bonds. The van der Waals surface area contributed by atoms with Crippen LogP contribution < -0.4 is 11.3 Å². The molecule has 1 aromatic heterocycles. The molecule has 2 aromatic rings. The van der Waals surface area contributed by atoms with Gasteiger partial charge in [-0.25, -0.2) is 9.37 Å². The second-order valence-corrected chi connectivity index (χ2v) is 4.92. The highest BCUT2D eigenvalue weighted by Crippen LogP contribution is 2.28. The van der Waals surface area contributed by atoms with Crippen LogP contribution in [0.25, 0.3) is 0 Å². The predicted molar refractivity (Wildman–Crippen MR) is 71.3 cm³/mol. The van der Waals surface area contributed by atoms with Crippen molar-refractivity contribution in [1.82, 2.24) is 9.97 Å². The maximum atomic E-state index is 13.0. The van der Waals surface area contributed by atoms with E-state index in [4.69, 9.17) is 5.73 Å². The fourth-order valence-electron chi connectivity index (χ4n) is 1.89. The molecule has 2 rings (SSSR count). The van der Waals surface area contributed by atoms with Gasteiger partial charge in [-0.1, -0.05) is 12.1 Å². The van der Waals surface area contributed by atoms with Crippen molar-refractivity contribution in [2.75, 3.05) is 0 Å². The third-order valence-corrected chi connectivity index (χ3v) is 3.25. The number of nitrogens with two attached hydrogens (primary N) is 1. The van der Waals surface area contributed by atoms with Gasteiger partial charge in [-0.3, -0.25) is 4.79 Å². The second-order valence-electron chi connectivity index (χ2n) is 4.92. The predicted octanol–water partition coefficient (Wildman–Crippen LogP) is 1.69. The van der Waals surface area contributed by atoms with Gasteiger partial charge in [-0.2, -0.15) is 0 Å². The largest absolute Gasteiger partial charge is 0.326 e. The lowest BCUT2D eigenvalue weighted by molar-refractivity contribution is 0.578. The van der Waals surface area contributed by atoms with Gasteiger partial charge in [0.1, 0.15) is 11.6 Å². The third-order valence-electron chi connectivity index (χ3n) is 3.25. The highest BCUT2D eigenvalue weighted by atomic mass is 19.1. The van der Waals surface area contributed by atoms with Gasteiger partial charge in [0, 0.05) is 23.7 Å². The lowest BCUT2D eigenvalue weighted by Crippen LogP contribution is -2.28. The molecule has 0 fully saturated rings. The summed E-state index contributed by atoms with van der Waals surface area (Å²) in [6, 6.07) is 6.16. The Bertz CT molecular complexity index is 632. The third kappa shape index (κ3) is 2.56. The first-order chi connectivity index (χ1) is 8.95. The Labute approximate surface area is 110 Å². The first-order valence-electron chi connectivity index (χ1n) is 6.00. The van der Waals surface area contributed by atoms with E-state index < -0.39 is 5.41 Å². The molecule has 0 spiro atoms. The maximum absolute atomic E-state index is 13.0. The first-order valence-corrected chi connectivity index (χ1v) is 6.00. The standard InChI is InChI=1S/C14H16FN3O/c1-14(2,10-3-5-11(15)6-4-10)13-17-8-9(7-16)12(19)18-13/h3-6,8H,7,16H2,1-2H3,(H,17,18,19). The van der Waals surface area contributed by atoms with E-state index in [1.54, 1.807) is 12.1 Å². The molecule has 0 aliphatic rings. The minimum Gasteiger partial charge on any atom is -0.326 e. The Morgan fingerprint density at radius 3 is 2.47 bits per heavy atom. The molecule has 19 heavy (non-hydrogen) atoms. The zero-order chi connectivity index (χ0) is 14.0. The molecular weight excluding hydrogens is 245 g/mol. The van der Waals surface area contributed by atoms with E-state index in [0.717, 1.165) is 5.56 Å².